The monoisotopic (exact) mass is 240 g/mol. The van der Waals surface area contributed by atoms with E-state index in [9.17, 15) is 9.59 Å². The Bertz CT molecular complexity index is 377. The van der Waals surface area contributed by atoms with Gasteiger partial charge in [0.05, 0.1) is 24.5 Å². The van der Waals surface area contributed by atoms with Crippen LogP contribution in [0.1, 0.15) is 12.6 Å². The number of aliphatic carboxylic acids is 1. The van der Waals surface area contributed by atoms with Crippen molar-refractivity contribution >= 4 is 12.0 Å². The fraction of sp³-hybridized carbons (Fsp3) is 0.500. The smallest absolute Gasteiger partial charge is 0.317 e. The molecule has 0 aliphatic heterocycles. The SMILES string of the molecule is CC(CN(C)C(=O)NCc1cnc[nH]1)C(=O)O. The summed E-state index contributed by atoms with van der Waals surface area (Å²) in [6.45, 7) is 2.07. The highest BCUT2D eigenvalue weighted by Crippen LogP contribution is 1.99. The lowest BCUT2D eigenvalue weighted by atomic mass is 10.2. The Morgan fingerprint density at radius 3 is 2.88 bits per heavy atom. The first-order valence-electron chi connectivity index (χ1n) is 5.19. The number of rotatable bonds is 5. The first kappa shape index (κ1) is 13.0. The van der Waals surface area contributed by atoms with E-state index in [1.165, 1.54) is 11.2 Å². The molecule has 94 valence electrons. The number of H-pyrrole nitrogens is 1. The predicted octanol–water partition coefficient (Wildman–Crippen LogP) is 0.272. The molecule has 1 rings (SSSR count). The summed E-state index contributed by atoms with van der Waals surface area (Å²) in [5.74, 6) is -1.50. The van der Waals surface area contributed by atoms with Gasteiger partial charge < -0.3 is 20.3 Å². The van der Waals surface area contributed by atoms with Gasteiger partial charge in [-0.15, -0.1) is 0 Å². The van der Waals surface area contributed by atoms with E-state index in [0.29, 0.717) is 6.54 Å². The maximum Gasteiger partial charge on any atom is 0.317 e. The second-order valence-corrected chi connectivity index (χ2v) is 3.86. The molecular weight excluding hydrogens is 224 g/mol. The van der Waals surface area contributed by atoms with Gasteiger partial charge in [0.25, 0.3) is 0 Å². The zero-order valence-electron chi connectivity index (χ0n) is 9.80. The molecule has 1 atom stereocenters. The number of nitrogens with one attached hydrogen (secondary N) is 2. The molecule has 0 saturated heterocycles. The lowest BCUT2D eigenvalue weighted by Gasteiger charge is -2.19. The van der Waals surface area contributed by atoms with Crippen LogP contribution in [0.3, 0.4) is 0 Å². The number of carboxylic acid groups (broad SMARTS) is 1. The summed E-state index contributed by atoms with van der Waals surface area (Å²) in [7, 11) is 1.56. The number of carbonyl (C=O) groups is 2. The Kier molecular flexibility index (Phi) is 4.50. The molecule has 1 unspecified atom stereocenters. The molecule has 0 radical (unpaired) electrons. The van der Waals surface area contributed by atoms with E-state index in [2.05, 4.69) is 15.3 Å². The average Bonchev–Trinajstić information content (AvgIpc) is 2.78. The maximum absolute atomic E-state index is 11.6. The summed E-state index contributed by atoms with van der Waals surface area (Å²) >= 11 is 0. The maximum atomic E-state index is 11.6. The third-order valence-corrected chi connectivity index (χ3v) is 2.30. The van der Waals surface area contributed by atoms with Gasteiger partial charge in [0.15, 0.2) is 0 Å². The Morgan fingerprint density at radius 1 is 1.65 bits per heavy atom. The number of imidazole rings is 1. The molecule has 0 spiro atoms. The summed E-state index contributed by atoms with van der Waals surface area (Å²) in [5, 5.41) is 11.4. The normalized spacial score (nSPS) is 11.9. The second kappa shape index (κ2) is 5.88. The van der Waals surface area contributed by atoms with Crippen LogP contribution in [-0.2, 0) is 11.3 Å². The highest BCUT2D eigenvalue weighted by atomic mass is 16.4. The van der Waals surface area contributed by atoms with Crippen LogP contribution in [0, 0.1) is 5.92 Å². The Balaban J connectivity index is 2.34. The summed E-state index contributed by atoms with van der Waals surface area (Å²) in [4.78, 5) is 30.2. The molecular formula is C10H16N4O3. The van der Waals surface area contributed by atoms with Gasteiger partial charge in [0.1, 0.15) is 0 Å². The topological polar surface area (TPSA) is 98.3 Å². The van der Waals surface area contributed by atoms with Gasteiger partial charge in [-0.05, 0) is 0 Å². The van der Waals surface area contributed by atoms with Gasteiger partial charge in [-0.3, -0.25) is 4.79 Å². The number of urea groups is 1. The van der Waals surface area contributed by atoms with E-state index in [0.717, 1.165) is 5.69 Å². The number of aromatic nitrogens is 2. The number of nitrogens with zero attached hydrogens (tertiary/aromatic N) is 2. The van der Waals surface area contributed by atoms with Crippen molar-refractivity contribution in [3.8, 4) is 0 Å². The largest absolute Gasteiger partial charge is 0.481 e. The van der Waals surface area contributed by atoms with Crippen molar-refractivity contribution in [3.63, 3.8) is 0 Å². The summed E-state index contributed by atoms with van der Waals surface area (Å²) < 4.78 is 0. The number of hydrogen-bond donors (Lipinski definition) is 3. The minimum absolute atomic E-state index is 0.171. The number of aromatic amines is 1. The van der Waals surface area contributed by atoms with Crippen molar-refractivity contribution in [3.05, 3.63) is 18.2 Å². The lowest BCUT2D eigenvalue weighted by molar-refractivity contribution is -0.141. The molecule has 1 aromatic rings. The molecule has 0 fully saturated rings. The lowest BCUT2D eigenvalue weighted by Crippen LogP contribution is -2.40. The number of hydrogen-bond acceptors (Lipinski definition) is 3. The standard InChI is InChI=1S/C10H16N4O3/c1-7(9(15)16)5-14(2)10(17)12-4-8-3-11-6-13-8/h3,6-7H,4-5H2,1-2H3,(H,11,13)(H,12,17)(H,15,16). The molecule has 1 aromatic heterocycles. The number of amides is 2. The van der Waals surface area contributed by atoms with Crippen LogP contribution < -0.4 is 5.32 Å². The van der Waals surface area contributed by atoms with E-state index in [4.69, 9.17) is 5.11 Å². The van der Waals surface area contributed by atoms with E-state index < -0.39 is 11.9 Å². The fourth-order valence-electron chi connectivity index (χ4n) is 1.26. The molecule has 0 bridgehead atoms. The van der Waals surface area contributed by atoms with E-state index in [1.807, 2.05) is 0 Å². The van der Waals surface area contributed by atoms with Crippen molar-refractivity contribution in [2.24, 2.45) is 5.92 Å². The molecule has 0 aromatic carbocycles. The second-order valence-electron chi connectivity index (χ2n) is 3.86. The number of carbonyl (C=O) groups excluding carboxylic acids is 1. The Morgan fingerprint density at radius 2 is 2.35 bits per heavy atom. The third kappa shape index (κ3) is 4.13. The van der Waals surface area contributed by atoms with E-state index in [-0.39, 0.29) is 12.6 Å². The molecule has 0 saturated carbocycles. The third-order valence-electron chi connectivity index (χ3n) is 2.30. The van der Waals surface area contributed by atoms with Crippen LogP contribution in [0.15, 0.2) is 12.5 Å². The van der Waals surface area contributed by atoms with Crippen molar-refractivity contribution in [1.29, 1.82) is 0 Å². The number of carboxylic acids is 1. The summed E-state index contributed by atoms with van der Waals surface area (Å²) in [5.41, 5.74) is 0.790. The van der Waals surface area contributed by atoms with Gasteiger partial charge in [-0.25, -0.2) is 9.78 Å². The van der Waals surface area contributed by atoms with Gasteiger partial charge >= 0.3 is 12.0 Å². The highest BCUT2D eigenvalue weighted by molar-refractivity contribution is 5.75. The molecule has 7 heteroatoms. The molecule has 1 heterocycles. The van der Waals surface area contributed by atoms with Crippen molar-refractivity contribution < 1.29 is 14.7 Å². The van der Waals surface area contributed by atoms with Gasteiger partial charge in [0, 0.05) is 19.8 Å². The summed E-state index contributed by atoms with van der Waals surface area (Å²) in [6, 6.07) is -0.312. The van der Waals surface area contributed by atoms with Gasteiger partial charge in [0.2, 0.25) is 0 Å². The van der Waals surface area contributed by atoms with Crippen LogP contribution in [-0.4, -0.2) is 45.6 Å². The highest BCUT2D eigenvalue weighted by Gasteiger charge is 2.16. The van der Waals surface area contributed by atoms with Crippen molar-refractivity contribution in [1.82, 2.24) is 20.2 Å². The summed E-state index contributed by atoms with van der Waals surface area (Å²) in [6.07, 6.45) is 3.14. The minimum atomic E-state index is -0.918. The first-order valence-corrected chi connectivity index (χ1v) is 5.19. The molecule has 17 heavy (non-hydrogen) atoms. The Hall–Kier alpha value is -2.05. The molecule has 7 nitrogen and oxygen atoms in total. The Labute approximate surface area is 98.8 Å². The molecule has 0 aliphatic carbocycles. The first-order chi connectivity index (χ1) is 8.00. The minimum Gasteiger partial charge on any atom is -0.481 e. The molecule has 3 N–H and O–H groups in total. The van der Waals surface area contributed by atoms with Gasteiger partial charge in [-0.2, -0.15) is 0 Å². The van der Waals surface area contributed by atoms with Crippen LogP contribution in [0.25, 0.3) is 0 Å². The molecule has 0 aliphatic rings. The average molecular weight is 240 g/mol. The zero-order valence-corrected chi connectivity index (χ0v) is 9.80. The fourth-order valence-corrected chi connectivity index (χ4v) is 1.26. The van der Waals surface area contributed by atoms with Crippen LogP contribution >= 0.6 is 0 Å². The van der Waals surface area contributed by atoms with E-state index >= 15 is 0 Å². The van der Waals surface area contributed by atoms with Gasteiger partial charge in [-0.1, -0.05) is 6.92 Å². The predicted molar refractivity (Wildman–Crippen MR) is 60.3 cm³/mol. The van der Waals surface area contributed by atoms with Crippen LogP contribution in [0.5, 0.6) is 0 Å². The van der Waals surface area contributed by atoms with Crippen molar-refractivity contribution in [2.75, 3.05) is 13.6 Å². The zero-order chi connectivity index (χ0) is 12.8. The van der Waals surface area contributed by atoms with E-state index in [1.54, 1.807) is 20.2 Å². The van der Waals surface area contributed by atoms with Crippen LogP contribution in [0.4, 0.5) is 4.79 Å². The van der Waals surface area contributed by atoms with Crippen LogP contribution in [0.2, 0.25) is 0 Å². The quantitative estimate of drug-likeness (QED) is 0.688. The van der Waals surface area contributed by atoms with Crippen molar-refractivity contribution in [2.45, 2.75) is 13.5 Å². The molecule has 2 amide bonds.